The summed E-state index contributed by atoms with van der Waals surface area (Å²) in [6.45, 7) is 3.76. The van der Waals surface area contributed by atoms with E-state index in [1.807, 2.05) is 31.3 Å². The third-order valence-electron chi connectivity index (χ3n) is 4.48. The molecule has 26 heavy (non-hydrogen) atoms. The van der Waals surface area contributed by atoms with E-state index in [2.05, 4.69) is 31.0 Å². The maximum absolute atomic E-state index is 12.7. The highest BCUT2D eigenvalue weighted by Gasteiger charge is 2.35. The number of hydrogen-bond donors (Lipinski definition) is 0. The highest BCUT2D eigenvalue weighted by Crippen LogP contribution is 2.39. The molecule has 1 aromatic carbocycles. The fourth-order valence-electron chi connectivity index (χ4n) is 3.34. The van der Waals surface area contributed by atoms with E-state index in [1.165, 1.54) is 0 Å². The maximum Gasteiger partial charge on any atom is 0.224 e. The number of nitrogens with zero attached hydrogens (tertiary/aromatic N) is 4. The summed E-state index contributed by atoms with van der Waals surface area (Å²) in [7, 11) is 0. The summed E-state index contributed by atoms with van der Waals surface area (Å²) in [5.74, 6) is -0.341. The van der Waals surface area contributed by atoms with Crippen LogP contribution in [0.25, 0.3) is 11.0 Å². The predicted molar refractivity (Wildman–Crippen MR) is 102 cm³/mol. The normalized spacial score (nSPS) is 16.4. The summed E-state index contributed by atoms with van der Waals surface area (Å²) in [6.07, 6.45) is 2.26. The van der Waals surface area contributed by atoms with E-state index in [9.17, 15) is 4.79 Å². The van der Waals surface area contributed by atoms with Crippen LogP contribution in [0.5, 0.6) is 0 Å². The summed E-state index contributed by atoms with van der Waals surface area (Å²) in [5.41, 5.74) is 3.09. The third-order valence-corrected chi connectivity index (χ3v) is 5.14. The van der Waals surface area contributed by atoms with Gasteiger partial charge in [-0.2, -0.15) is 10.1 Å². The number of benzene rings is 1. The summed E-state index contributed by atoms with van der Waals surface area (Å²) >= 11 is 9.62. The minimum atomic E-state index is -0.449. The fourth-order valence-corrected chi connectivity index (χ4v) is 3.89. The molecule has 0 spiro atoms. The van der Waals surface area contributed by atoms with Gasteiger partial charge >= 0.3 is 0 Å². The van der Waals surface area contributed by atoms with Gasteiger partial charge < -0.3 is 4.74 Å². The van der Waals surface area contributed by atoms with Crippen LogP contribution in [0.4, 0.5) is 0 Å². The van der Waals surface area contributed by atoms with Crippen LogP contribution in [0.1, 0.15) is 29.7 Å². The molecule has 0 radical (unpaired) electrons. The summed E-state index contributed by atoms with van der Waals surface area (Å²) in [6, 6.07) is 5.90. The molecule has 2 aromatic heterocycles. The van der Waals surface area contributed by atoms with Gasteiger partial charge in [0, 0.05) is 23.7 Å². The van der Waals surface area contributed by atoms with Crippen molar-refractivity contribution >= 4 is 44.3 Å². The average molecular weight is 436 g/mol. The zero-order valence-electron chi connectivity index (χ0n) is 14.1. The van der Waals surface area contributed by atoms with Gasteiger partial charge in [0.15, 0.2) is 11.4 Å². The van der Waals surface area contributed by atoms with Crippen LogP contribution in [-0.4, -0.2) is 38.7 Å². The van der Waals surface area contributed by atoms with Crippen LogP contribution in [0.3, 0.4) is 0 Å². The minimum Gasteiger partial charge on any atom is -0.380 e. The van der Waals surface area contributed by atoms with E-state index in [-0.39, 0.29) is 11.1 Å². The first kappa shape index (κ1) is 17.6. The van der Waals surface area contributed by atoms with Crippen LogP contribution in [0.2, 0.25) is 5.28 Å². The molecule has 0 amide bonds. The largest absolute Gasteiger partial charge is 0.380 e. The monoisotopic (exact) mass is 434 g/mol. The smallest absolute Gasteiger partial charge is 0.224 e. The van der Waals surface area contributed by atoms with Crippen LogP contribution in [0, 0.1) is 0 Å². The van der Waals surface area contributed by atoms with Crippen molar-refractivity contribution in [2.24, 2.45) is 0 Å². The number of halogens is 2. The molecular formula is C18H16BrClN4O2. The first-order valence-corrected chi connectivity index (χ1v) is 9.53. The second-order valence-electron chi connectivity index (χ2n) is 6.12. The molecule has 0 saturated heterocycles. The predicted octanol–water partition coefficient (Wildman–Crippen LogP) is 3.54. The van der Waals surface area contributed by atoms with Crippen molar-refractivity contribution in [1.82, 2.24) is 19.7 Å². The molecule has 0 fully saturated rings. The Kier molecular flexibility index (Phi) is 4.77. The van der Waals surface area contributed by atoms with Crippen LogP contribution in [-0.2, 0) is 22.5 Å². The number of ether oxygens (including phenoxy) is 1. The molecule has 1 aliphatic rings. The number of hydrogen-bond acceptors (Lipinski definition) is 5. The second kappa shape index (κ2) is 7.06. The van der Waals surface area contributed by atoms with Gasteiger partial charge in [0.1, 0.15) is 0 Å². The molecular weight excluding hydrogens is 420 g/mol. The van der Waals surface area contributed by atoms with Gasteiger partial charge in [-0.1, -0.05) is 22.0 Å². The van der Waals surface area contributed by atoms with Crippen molar-refractivity contribution in [3.63, 3.8) is 0 Å². The highest BCUT2D eigenvalue weighted by atomic mass is 79.9. The van der Waals surface area contributed by atoms with Gasteiger partial charge in [-0.05, 0) is 41.8 Å². The molecule has 6 nitrogen and oxygen atoms in total. The number of Topliss-reactive ketones (excluding diaryl/α,β-unsaturated/α-hetero) is 1. The lowest BCUT2D eigenvalue weighted by Crippen LogP contribution is -2.11. The Balaban J connectivity index is 1.81. The van der Waals surface area contributed by atoms with Crippen molar-refractivity contribution in [2.45, 2.75) is 25.8 Å². The molecule has 1 aliphatic carbocycles. The van der Waals surface area contributed by atoms with E-state index in [0.29, 0.717) is 37.5 Å². The number of carbonyl (C=O) groups excluding carboxylic acids is 1. The Labute approximate surface area is 163 Å². The van der Waals surface area contributed by atoms with E-state index in [1.54, 1.807) is 4.68 Å². The Morgan fingerprint density at radius 3 is 3.04 bits per heavy atom. The summed E-state index contributed by atoms with van der Waals surface area (Å²) in [4.78, 5) is 21.4. The number of carbonyl (C=O) groups is 1. The first-order valence-electron chi connectivity index (χ1n) is 8.36. The topological polar surface area (TPSA) is 69.9 Å². The van der Waals surface area contributed by atoms with Gasteiger partial charge in [0.25, 0.3) is 0 Å². The Morgan fingerprint density at radius 2 is 2.23 bits per heavy atom. The van der Waals surface area contributed by atoms with E-state index < -0.39 is 5.92 Å². The number of rotatable bonds is 5. The van der Waals surface area contributed by atoms with Crippen LogP contribution in [0.15, 0.2) is 28.9 Å². The lowest BCUT2D eigenvalue weighted by Gasteiger charge is -2.11. The molecule has 0 saturated carbocycles. The van der Waals surface area contributed by atoms with Crippen LogP contribution >= 0.6 is 27.5 Å². The third kappa shape index (κ3) is 3.15. The van der Waals surface area contributed by atoms with Crippen molar-refractivity contribution in [3.05, 3.63) is 51.0 Å². The van der Waals surface area contributed by atoms with Gasteiger partial charge in [-0.25, -0.2) is 4.98 Å². The first-order chi connectivity index (χ1) is 12.6. The number of ketones is 1. The molecule has 1 atom stereocenters. The molecule has 134 valence electrons. The molecule has 0 N–H and O–H groups in total. The van der Waals surface area contributed by atoms with Gasteiger partial charge in [0.2, 0.25) is 5.28 Å². The van der Waals surface area contributed by atoms with Gasteiger partial charge in [-0.15, -0.1) is 0 Å². The van der Waals surface area contributed by atoms with Crippen molar-refractivity contribution in [1.29, 1.82) is 0 Å². The average Bonchev–Trinajstić information content (AvgIpc) is 3.14. The highest BCUT2D eigenvalue weighted by molar-refractivity contribution is 9.10. The number of fused-ring (bicyclic) bond motifs is 2. The lowest BCUT2D eigenvalue weighted by atomic mass is 9.95. The second-order valence-corrected chi connectivity index (χ2v) is 7.38. The van der Waals surface area contributed by atoms with E-state index in [4.69, 9.17) is 16.3 Å². The van der Waals surface area contributed by atoms with Gasteiger partial charge in [-0.3, -0.25) is 9.48 Å². The maximum atomic E-state index is 12.7. The zero-order chi connectivity index (χ0) is 18.3. The minimum absolute atomic E-state index is 0.0961. The fraction of sp³-hybridized carbons (Fsp3) is 0.333. The Morgan fingerprint density at radius 1 is 1.38 bits per heavy atom. The molecule has 3 aromatic rings. The Hall–Kier alpha value is -1.83. The molecule has 0 bridgehead atoms. The number of aromatic nitrogens is 4. The van der Waals surface area contributed by atoms with Gasteiger partial charge in [0.05, 0.1) is 30.1 Å². The van der Waals surface area contributed by atoms with Crippen molar-refractivity contribution < 1.29 is 9.53 Å². The molecule has 1 unspecified atom stereocenters. The molecule has 4 rings (SSSR count). The van der Waals surface area contributed by atoms with Crippen molar-refractivity contribution in [3.8, 4) is 0 Å². The van der Waals surface area contributed by atoms with Crippen molar-refractivity contribution in [2.75, 3.05) is 13.2 Å². The quantitative estimate of drug-likeness (QED) is 0.453. The lowest BCUT2D eigenvalue weighted by molar-refractivity contribution is -0.118. The van der Waals surface area contributed by atoms with E-state index >= 15 is 0 Å². The zero-order valence-corrected chi connectivity index (χ0v) is 16.4. The van der Waals surface area contributed by atoms with Crippen LogP contribution < -0.4 is 0 Å². The standard InChI is InChI=1S/C18H16BrClN4O2/c1-2-26-6-5-24-9-13-16(21-18(20)22-17(13)23-24)15-12-8-11(19)4-3-10(12)7-14(15)25/h3-4,8-9,15H,2,5-7H2,1H3. The molecule has 2 heterocycles. The molecule has 8 heteroatoms. The SMILES string of the molecule is CCOCCn1cc2c(C3C(=O)Cc4ccc(Br)cc43)nc(Cl)nc2n1. The summed E-state index contributed by atoms with van der Waals surface area (Å²) in [5, 5.41) is 5.30. The summed E-state index contributed by atoms with van der Waals surface area (Å²) < 4.78 is 8.07. The molecule has 0 aliphatic heterocycles. The van der Waals surface area contributed by atoms with E-state index in [0.717, 1.165) is 21.0 Å². The Bertz CT molecular complexity index is 1000.